The van der Waals surface area contributed by atoms with E-state index in [0.29, 0.717) is 12.5 Å². The molecule has 9 rings (SSSR count). The first-order valence-electron chi connectivity index (χ1n) is 21.9. The van der Waals surface area contributed by atoms with Crippen molar-refractivity contribution >= 4 is 34.8 Å². The number of nitrogens with zero attached hydrogens (tertiary/aromatic N) is 4. The van der Waals surface area contributed by atoms with Gasteiger partial charge in [-0.05, 0) is 101 Å². The number of rotatable bonds is 11. The Morgan fingerprint density at radius 3 is 1.89 bits per heavy atom. The summed E-state index contributed by atoms with van der Waals surface area (Å²) in [6, 6.07) is 19.7. The summed E-state index contributed by atoms with van der Waals surface area (Å²) in [6.45, 7) is 8.37. The van der Waals surface area contributed by atoms with Crippen LogP contribution in [0.25, 0.3) is 44.4 Å². The van der Waals surface area contributed by atoms with Gasteiger partial charge < -0.3 is 39.9 Å². The predicted molar refractivity (Wildman–Crippen MR) is 234 cm³/mol. The molecule has 2 aliphatic heterocycles. The Kier molecular flexibility index (Phi) is 10.8. The van der Waals surface area contributed by atoms with Gasteiger partial charge in [-0.3, -0.25) is 9.59 Å². The predicted octanol–water partition coefficient (Wildman–Crippen LogP) is 8.15. The van der Waals surface area contributed by atoms with Crippen LogP contribution in [0.2, 0.25) is 0 Å². The number of H-pyrrole nitrogens is 2. The third kappa shape index (κ3) is 7.68. The average molecular weight is 841 g/mol. The molecule has 6 unspecified atom stereocenters. The number of fused-ring (bicyclic) bond motifs is 3. The molecule has 4 fully saturated rings. The molecule has 5 aromatic rings. The van der Waals surface area contributed by atoms with Crippen molar-refractivity contribution < 1.29 is 28.7 Å². The summed E-state index contributed by atoms with van der Waals surface area (Å²) in [5.41, 5.74) is 6.09. The Hall–Kier alpha value is -6.18. The molecular weight excluding hydrogens is 785 g/mol. The van der Waals surface area contributed by atoms with Gasteiger partial charge in [-0.15, -0.1) is 0 Å². The minimum Gasteiger partial charge on any atom is -0.453 e. The number of aromatic amines is 2. The van der Waals surface area contributed by atoms with Crippen LogP contribution in [0.15, 0.2) is 73.1 Å². The molecule has 4 heterocycles. The molecule has 2 aromatic heterocycles. The molecule has 14 heteroatoms. The molecule has 2 saturated heterocycles. The molecular formula is C48H56N8O6. The molecule has 0 radical (unpaired) electrons. The van der Waals surface area contributed by atoms with Crippen LogP contribution in [0.1, 0.15) is 90.0 Å². The normalized spacial score (nSPS) is 22.1. The van der Waals surface area contributed by atoms with Crippen molar-refractivity contribution in [3.8, 4) is 33.6 Å². The van der Waals surface area contributed by atoms with Crippen molar-refractivity contribution in [1.29, 1.82) is 0 Å². The van der Waals surface area contributed by atoms with Gasteiger partial charge in [0.2, 0.25) is 11.8 Å². The van der Waals surface area contributed by atoms with Crippen LogP contribution < -0.4 is 10.6 Å². The first-order chi connectivity index (χ1) is 29.8. The lowest BCUT2D eigenvalue weighted by Gasteiger charge is -2.37. The third-order valence-corrected chi connectivity index (χ3v) is 13.8. The number of hydrogen-bond acceptors (Lipinski definition) is 8. The Balaban J connectivity index is 0.893. The highest BCUT2D eigenvalue weighted by molar-refractivity contribution is 5.91. The second-order valence-electron chi connectivity index (χ2n) is 18.5. The molecule has 1 spiro atoms. The van der Waals surface area contributed by atoms with E-state index in [2.05, 4.69) is 81.3 Å². The summed E-state index contributed by atoms with van der Waals surface area (Å²) in [4.78, 5) is 72.7. The second kappa shape index (κ2) is 16.3. The first-order valence-corrected chi connectivity index (χ1v) is 21.9. The number of piperidine rings is 1. The molecule has 14 nitrogen and oxygen atoms in total. The van der Waals surface area contributed by atoms with Crippen LogP contribution in [-0.2, 0) is 19.1 Å². The number of carbonyl (C=O) groups is 4. The van der Waals surface area contributed by atoms with Gasteiger partial charge in [0, 0.05) is 18.2 Å². The molecule has 4 amide bonds. The fraction of sp³-hybridized carbons (Fsp3) is 0.458. The topological polar surface area (TPSA) is 175 Å². The Bertz CT molecular complexity index is 2510. The number of nitrogens with one attached hydrogen (secondary N) is 4. The van der Waals surface area contributed by atoms with Crippen molar-refractivity contribution in [1.82, 2.24) is 40.4 Å². The van der Waals surface area contributed by atoms with Crippen molar-refractivity contribution in [2.75, 3.05) is 20.8 Å². The van der Waals surface area contributed by atoms with Gasteiger partial charge in [0.05, 0.1) is 50.1 Å². The van der Waals surface area contributed by atoms with Crippen molar-refractivity contribution in [3.05, 3.63) is 84.7 Å². The van der Waals surface area contributed by atoms with Gasteiger partial charge in [-0.1, -0.05) is 76.2 Å². The van der Waals surface area contributed by atoms with Crippen LogP contribution in [0, 0.1) is 23.2 Å². The first kappa shape index (κ1) is 41.2. The van der Waals surface area contributed by atoms with E-state index in [-0.39, 0.29) is 47.2 Å². The van der Waals surface area contributed by atoms with E-state index in [1.54, 1.807) is 0 Å². The molecule has 2 bridgehead atoms. The number of ether oxygens (including phenoxy) is 2. The minimum atomic E-state index is -0.687. The SMILES string of the molecule is COC(=O)NC(C(=O)N1CC2(CC2)CC1c1ncc(-c2ccc3cc(-c4ccc(-c5cnc(C6C7CCC(C7)N6C(=O)C(NC(=O)OC)C(C)C)[nH]5)cc4)ccc3c2)[nH]1)C(C)C. The summed E-state index contributed by atoms with van der Waals surface area (Å²) in [7, 11) is 2.62. The van der Waals surface area contributed by atoms with Crippen molar-refractivity contribution in [3.63, 3.8) is 0 Å². The van der Waals surface area contributed by atoms with Crippen molar-refractivity contribution in [2.45, 2.75) is 96.4 Å². The zero-order chi connectivity index (χ0) is 43.4. The Labute approximate surface area is 361 Å². The largest absolute Gasteiger partial charge is 0.453 e. The highest BCUT2D eigenvalue weighted by Gasteiger charge is 2.55. The van der Waals surface area contributed by atoms with Crippen LogP contribution in [0.4, 0.5) is 9.59 Å². The number of amides is 4. The molecule has 4 N–H and O–H groups in total. The lowest BCUT2D eigenvalue weighted by Crippen LogP contribution is -2.54. The van der Waals surface area contributed by atoms with E-state index < -0.39 is 24.3 Å². The van der Waals surface area contributed by atoms with Gasteiger partial charge in [0.25, 0.3) is 0 Å². The summed E-state index contributed by atoms with van der Waals surface area (Å²) in [5.74, 6) is 1.45. The van der Waals surface area contributed by atoms with E-state index in [1.807, 2.05) is 49.9 Å². The number of methoxy groups -OCH3 is 2. The Morgan fingerprint density at radius 2 is 1.26 bits per heavy atom. The number of imidazole rings is 2. The zero-order valence-electron chi connectivity index (χ0n) is 36.2. The quantitative estimate of drug-likeness (QED) is 0.103. The lowest BCUT2D eigenvalue weighted by atomic mass is 9.95. The van der Waals surface area contributed by atoms with Crippen LogP contribution >= 0.6 is 0 Å². The fourth-order valence-electron chi connectivity index (χ4n) is 10.2. The van der Waals surface area contributed by atoms with E-state index in [4.69, 9.17) is 19.4 Å². The number of aromatic nitrogens is 4. The summed E-state index contributed by atoms with van der Waals surface area (Å²) in [5, 5.41) is 7.73. The smallest absolute Gasteiger partial charge is 0.407 e. The lowest BCUT2D eigenvalue weighted by molar-refractivity contribution is -0.139. The third-order valence-electron chi connectivity index (χ3n) is 13.8. The summed E-state index contributed by atoms with van der Waals surface area (Å²) >= 11 is 0. The molecule has 2 aliphatic carbocycles. The number of carbonyl (C=O) groups excluding carboxylic acids is 4. The maximum atomic E-state index is 14.0. The second-order valence-corrected chi connectivity index (χ2v) is 18.5. The number of benzene rings is 3. The van der Waals surface area contributed by atoms with Gasteiger partial charge in [0.15, 0.2) is 0 Å². The van der Waals surface area contributed by atoms with Gasteiger partial charge in [-0.2, -0.15) is 0 Å². The average Bonchev–Trinajstić information content (AvgIpc) is 3.91. The van der Waals surface area contributed by atoms with Crippen molar-refractivity contribution in [2.24, 2.45) is 23.2 Å². The molecule has 2 saturated carbocycles. The van der Waals surface area contributed by atoms with E-state index in [9.17, 15) is 19.2 Å². The summed E-state index contributed by atoms with van der Waals surface area (Å²) < 4.78 is 9.65. The van der Waals surface area contributed by atoms with Crippen LogP contribution in [0.5, 0.6) is 0 Å². The standard InChI is InChI=1S/C48H56N8O6/c1-26(2)39(53-46(59)61-5)44(57)55-25-48(17-18-48)22-38(55)42-49-24-37(51-42)33-14-13-31-19-30(11-12-32(31)20-33)28-7-9-29(10-8-28)36-23-50-43(52-36)41-34-15-16-35(21-34)56(41)45(58)40(27(3)4)54-47(60)62-6/h7-14,19-20,23-24,26-27,34-35,38-41H,15-18,21-22,25H2,1-6H3,(H,49,51)(H,50,52)(H,53,59)(H,54,60). The molecule has 3 aromatic carbocycles. The zero-order valence-corrected chi connectivity index (χ0v) is 36.2. The molecule has 62 heavy (non-hydrogen) atoms. The Morgan fingerprint density at radius 1 is 0.710 bits per heavy atom. The van der Waals surface area contributed by atoms with E-state index in [1.165, 1.54) is 14.2 Å². The van der Waals surface area contributed by atoms with Crippen LogP contribution in [0.3, 0.4) is 0 Å². The fourth-order valence-corrected chi connectivity index (χ4v) is 10.2. The van der Waals surface area contributed by atoms with Crippen LogP contribution in [-0.4, -0.2) is 92.6 Å². The van der Waals surface area contributed by atoms with E-state index >= 15 is 0 Å². The highest BCUT2D eigenvalue weighted by Crippen LogP contribution is 2.58. The maximum absolute atomic E-state index is 14.0. The minimum absolute atomic E-state index is 0.0907. The number of hydrogen-bond donors (Lipinski definition) is 4. The molecule has 4 aliphatic rings. The summed E-state index contributed by atoms with van der Waals surface area (Å²) in [6.07, 6.45) is 8.43. The highest BCUT2D eigenvalue weighted by atomic mass is 16.5. The van der Waals surface area contributed by atoms with Gasteiger partial charge >= 0.3 is 12.2 Å². The van der Waals surface area contributed by atoms with E-state index in [0.717, 1.165) is 94.6 Å². The molecule has 6 atom stereocenters. The monoisotopic (exact) mass is 840 g/mol. The maximum Gasteiger partial charge on any atom is 0.407 e. The van der Waals surface area contributed by atoms with Gasteiger partial charge in [-0.25, -0.2) is 19.6 Å². The number of alkyl carbamates (subject to hydrolysis) is 2. The molecule has 324 valence electrons. The number of likely N-dealkylation sites (tertiary alicyclic amines) is 2. The van der Waals surface area contributed by atoms with Gasteiger partial charge in [0.1, 0.15) is 23.7 Å².